The minimum absolute atomic E-state index is 0.0661. The van der Waals surface area contributed by atoms with Crippen LogP contribution in [0.5, 0.6) is 0 Å². The Morgan fingerprint density at radius 2 is 2.11 bits per heavy atom. The van der Waals surface area contributed by atoms with Gasteiger partial charge in [-0.3, -0.25) is 19.7 Å². The van der Waals surface area contributed by atoms with Gasteiger partial charge >= 0.3 is 6.09 Å². The van der Waals surface area contributed by atoms with Gasteiger partial charge < -0.3 is 15.0 Å². The molecule has 1 aliphatic carbocycles. The van der Waals surface area contributed by atoms with Gasteiger partial charge in [0.05, 0.1) is 6.61 Å². The summed E-state index contributed by atoms with van der Waals surface area (Å²) in [5.41, 5.74) is 1.99. The number of benzene rings is 1. The highest BCUT2D eigenvalue weighted by Gasteiger charge is 2.39. The maximum atomic E-state index is 12.8. The molecule has 0 radical (unpaired) electrons. The molecule has 0 spiro atoms. The average Bonchev–Trinajstić information content (AvgIpc) is 3.29. The van der Waals surface area contributed by atoms with E-state index < -0.39 is 24.2 Å². The Kier molecular flexibility index (Phi) is 4.74. The van der Waals surface area contributed by atoms with Gasteiger partial charge in [0, 0.05) is 31.0 Å². The van der Waals surface area contributed by atoms with Crippen LogP contribution >= 0.6 is 0 Å². The Bertz CT molecular complexity index is 858. The van der Waals surface area contributed by atoms with Gasteiger partial charge in [-0.2, -0.15) is 0 Å². The van der Waals surface area contributed by atoms with E-state index in [1.165, 1.54) is 4.90 Å². The summed E-state index contributed by atoms with van der Waals surface area (Å²) >= 11 is 0. The van der Waals surface area contributed by atoms with E-state index in [0.717, 1.165) is 5.56 Å². The van der Waals surface area contributed by atoms with Crippen LogP contribution in [-0.2, 0) is 27.4 Å². The molecule has 0 aromatic heterocycles. The molecule has 4 rings (SSSR count). The van der Waals surface area contributed by atoms with E-state index in [-0.39, 0.29) is 37.3 Å². The number of nitrogens with one attached hydrogen (secondary N) is 2. The minimum Gasteiger partial charge on any atom is -0.449 e. The first-order valence-electron chi connectivity index (χ1n) is 9.23. The normalized spacial score (nSPS) is 26.0. The molecule has 2 aliphatic heterocycles. The molecule has 148 valence electrons. The molecular formula is C19H20FN3O5. The number of ether oxygens (including phenoxy) is 1. The number of alkyl carbamates (subject to hydrolysis) is 1. The van der Waals surface area contributed by atoms with Gasteiger partial charge in [-0.05, 0) is 30.0 Å². The topological polar surface area (TPSA) is 105 Å². The van der Waals surface area contributed by atoms with Crippen LogP contribution in [0.2, 0.25) is 0 Å². The Morgan fingerprint density at radius 1 is 1.32 bits per heavy atom. The lowest BCUT2D eigenvalue weighted by Crippen LogP contribution is -2.52. The second kappa shape index (κ2) is 7.21. The van der Waals surface area contributed by atoms with E-state index in [2.05, 4.69) is 10.6 Å². The maximum Gasteiger partial charge on any atom is 0.407 e. The van der Waals surface area contributed by atoms with Crippen molar-refractivity contribution in [2.24, 2.45) is 5.92 Å². The first kappa shape index (κ1) is 18.4. The molecular weight excluding hydrogens is 369 g/mol. The van der Waals surface area contributed by atoms with Crippen molar-refractivity contribution in [1.29, 1.82) is 0 Å². The average molecular weight is 389 g/mol. The van der Waals surface area contributed by atoms with Crippen LogP contribution in [0.3, 0.4) is 0 Å². The first-order valence-corrected chi connectivity index (χ1v) is 9.23. The molecule has 2 heterocycles. The number of hydrogen-bond donors (Lipinski definition) is 2. The number of alkyl halides is 1. The summed E-state index contributed by atoms with van der Waals surface area (Å²) in [6.45, 7) is 0.542. The van der Waals surface area contributed by atoms with E-state index in [0.29, 0.717) is 30.5 Å². The predicted molar refractivity (Wildman–Crippen MR) is 93.7 cm³/mol. The van der Waals surface area contributed by atoms with Gasteiger partial charge in [0.15, 0.2) is 0 Å². The van der Waals surface area contributed by atoms with Gasteiger partial charge in [0.2, 0.25) is 11.8 Å². The van der Waals surface area contributed by atoms with Crippen molar-refractivity contribution < 1.29 is 28.3 Å². The van der Waals surface area contributed by atoms with Crippen molar-refractivity contribution in [3.8, 4) is 0 Å². The second-order valence-corrected chi connectivity index (χ2v) is 7.36. The fraction of sp³-hybridized carbons (Fsp3) is 0.474. The number of carbonyl (C=O) groups excluding carboxylic acids is 4. The zero-order valence-electron chi connectivity index (χ0n) is 15.1. The van der Waals surface area contributed by atoms with Crippen molar-refractivity contribution in [3.63, 3.8) is 0 Å². The predicted octanol–water partition coefficient (Wildman–Crippen LogP) is 1.03. The third-order valence-electron chi connectivity index (χ3n) is 5.29. The van der Waals surface area contributed by atoms with Crippen LogP contribution in [0.15, 0.2) is 18.2 Å². The third-order valence-corrected chi connectivity index (χ3v) is 5.29. The van der Waals surface area contributed by atoms with E-state index >= 15 is 0 Å². The van der Waals surface area contributed by atoms with Crippen LogP contribution in [-0.4, -0.2) is 47.5 Å². The molecule has 4 amide bonds. The van der Waals surface area contributed by atoms with Crippen molar-refractivity contribution in [2.45, 2.75) is 44.6 Å². The largest absolute Gasteiger partial charge is 0.449 e. The second-order valence-electron chi connectivity index (χ2n) is 7.36. The first-order chi connectivity index (χ1) is 13.4. The lowest BCUT2D eigenvalue weighted by molar-refractivity contribution is -0.136. The zero-order chi connectivity index (χ0) is 19.8. The lowest BCUT2D eigenvalue weighted by atomic mass is 10.0. The Labute approximate surface area is 160 Å². The zero-order valence-corrected chi connectivity index (χ0v) is 15.1. The molecule has 1 saturated heterocycles. The maximum absolute atomic E-state index is 12.8. The molecule has 8 nitrogen and oxygen atoms in total. The number of imide groups is 1. The van der Waals surface area contributed by atoms with Crippen LogP contribution in [0.25, 0.3) is 0 Å². The number of rotatable bonds is 5. The van der Waals surface area contributed by atoms with Crippen molar-refractivity contribution in [3.05, 3.63) is 34.9 Å². The van der Waals surface area contributed by atoms with Crippen molar-refractivity contribution >= 4 is 23.8 Å². The summed E-state index contributed by atoms with van der Waals surface area (Å²) < 4.78 is 17.7. The number of amides is 4. The van der Waals surface area contributed by atoms with Crippen LogP contribution in [0.4, 0.5) is 9.18 Å². The number of piperidine rings is 1. The highest BCUT2D eigenvalue weighted by molar-refractivity contribution is 6.05. The van der Waals surface area contributed by atoms with Gasteiger partial charge in [-0.1, -0.05) is 12.1 Å². The molecule has 0 bridgehead atoms. The summed E-state index contributed by atoms with van der Waals surface area (Å²) in [6.07, 6.45) is -0.550. The van der Waals surface area contributed by atoms with Gasteiger partial charge in [-0.25, -0.2) is 9.18 Å². The van der Waals surface area contributed by atoms with E-state index in [1.54, 1.807) is 18.2 Å². The molecule has 3 aliphatic rings. The molecule has 9 heteroatoms. The molecule has 2 fully saturated rings. The molecule has 1 saturated carbocycles. The standard InChI is InChI=1S/C19H20FN3O5/c20-14-6-12(14)9-28-19(27)21-7-10-1-2-11-8-23(18(26)13(11)5-10)15-3-4-16(24)22-17(15)25/h1-2,5,12,14-15H,3-4,6-9H2,(H,21,27)(H,22,24,25)/t12-,14+,15-/m1/s1. The van der Waals surface area contributed by atoms with Crippen molar-refractivity contribution in [1.82, 2.24) is 15.5 Å². The molecule has 0 unspecified atom stereocenters. The highest BCUT2D eigenvalue weighted by atomic mass is 19.1. The molecule has 1 aromatic carbocycles. The number of carbonyl (C=O) groups is 4. The summed E-state index contributed by atoms with van der Waals surface area (Å²) in [5.74, 6) is -1.24. The smallest absolute Gasteiger partial charge is 0.407 e. The number of halogens is 1. The summed E-state index contributed by atoms with van der Waals surface area (Å²) in [6, 6.07) is 4.61. The van der Waals surface area contributed by atoms with E-state index in [4.69, 9.17) is 4.74 Å². The number of fused-ring (bicyclic) bond motifs is 1. The Balaban J connectivity index is 1.35. The molecule has 1 aromatic rings. The van der Waals surface area contributed by atoms with Crippen LogP contribution in [0, 0.1) is 5.92 Å². The Morgan fingerprint density at radius 3 is 2.82 bits per heavy atom. The third kappa shape index (κ3) is 3.69. The summed E-state index contributed by atoms with van der Waals surface area (Å²) in [7, 11) is 0. The quantitative estimate of drug-likeness (QED) is 0.732. The summed E-state index contributed by atoms with van der Waals surface area (Å²) in [4.78, 5) is 49.3. The van der Waals surface area contributed by atoms with E-state index in [9.17, 15) is 23.6 Å². The van der Waals surface area contributed by atoms with Crippen molar-refractivity contribution in [2.75, 3.05) is 6.61 Å². The van der Waals surface area contributed by atoms with Crippen LogP contribution in [0.1, 0.15) is 40.7 Å². The Hall–Kier alpha value is -2.97. The van der Waals surface area contributed by atoms with Gasteiger partial charge in [0.1, 0.15) is 12.2 Å². The summed E-state index contributed by atoms with van der Waals surface area (Å²) in [5, 5.41) is 4.85. The highest BCUT2D eigenvalue weighted by Crippen LogP contribution is 2.33. The molecule has 28 heavy (non-hydrogen) atoms. The number of hydrogen-bond acceptors (Lipinski definition) is 5. The minimum atomic E-state index is -0.872. The monoisotopic (exact) mass is 389 g/mol. The van der Waals surface area contributed by atoms with Gasteiger partial charge in [-0.15, -0.1) is 0 Å². The SMILES string of the molecule is O=C1CC[C@@H](N2Cc3ccc(CNC(=O)OC[C@H]4C[C@@H]4F)cc3C2=O)C(=O)N1. The number of nitrogens with zero attached hydrogens (tertiary/aromatic N) is 1. The lowest BCUT2D eigenvalue weighted by Gasteiger charge is -2.29. The van der Waals surface area contributed by atoms with Crippen LogP contribution < -0.4 is 10.6 Å². The van der Waals surface area contributed by atoms with E-state index in [1.807, 2.05) is 0 Å². The van der Waals surface area contributed by atoms with Gasteiger partial charge in [0.25, 0.3) is 5.91 Å². The molecule has 2 N–H and O–H groups in total. The molecule has 3 atom stereocenters. The fourth-order valence-corrected chi connectivity index (χ4v) is 3.50. The fourth-order valence-electron chi connectivity index (χ4n) is 3.50.